The van der Waals surface area contributed by atoms with Gasteiger partial charge in [0.2, 0.25) is 0 Å². The SMILES string of the molecule is CCCCOC(=O)C(CC(CC(C)(CCc1ccccc1)C(=O)O)C(=O)OCCO)SC(=S)SC(CC(CC(C)(CCc1ccccc1)C(=O)O)C(=O)OCCO)C(=O)OCCCC.CCCCOC(=O)C(CC(CC(C)(CCc1ccccc1)C(=O)OC(C)(C)C)C(=O)OCCO)SC(=S)SC(CC(CC(C)(CCc1ccccc1)C(=O)OC(C)(C)C)C(=O)OCCO)C(=O)OCCCC. The first-order chi connectivity index (χ1) is 64.4. The third kappa shape index (κ3) is 48.2. The van der Waals surface area contributed by atoms with Crippen LogP contribution >= 0.6 is 71.5 Å². The molecule has 34 heteroatoms. The molecule has 0 saturated carbocycles. The Kier molecular flexibility index (Phi) is 58.4. The molecule has 4 rings (SSSR count). The molecule has 28 nitrogen and oxygen atoms in total. The molecule has 12 atom stereocenters. The van der Waals surface area contributed by atoms with Gasteiger partial charge >= 0.3 is 71.6 Å². The van der Waals surface area contributed by atoms with Crippen LogP contribution in [-0.2, 0) is 131 Å². The Morgan fingerprint density at radius 3 is 0.669 bits per heavy atom. The van der Waals surface area contributed by atoms with Crippen molar-refractivity contribution in [3.05, 3.63) is 144 Å². The molecule has 0 aliphatic carbocycles. The van der Waals surface area contributed by atoms with E-state index in [1.165, 1.54) is 13.8 Å². The van der Waals surface area contributed by atoms with Gasteiger partial charge in [0.1, 0.15) is 65.7 Å². The van der Waals surface area contributed by atoms with Crippen molar-refractivity contribution in [1.82, 2.24) is 0 Å². The highest BCUT2D eigenvalue weighted by Gasteiger charge is 2.48. The number of carbonyl (C=O) groups excluding carboxylic acids is 10. The second kappa shape index (κ2) is 65.0. The number of carboxylic acids is 2. The largest absolute Gasteiger partial charge is 0.481 e. The number of thioether (sulfide) groups is 4. The zero-order valence-corrected chi connectivity index (χ0v) is 86.6. The average Bonchev–Trinajstić information content (AvgIpc) is 0.783. The van der Waals surface area contributed by atoms with E-state index in [1.54, 1.807) is 55.4 Å². The number of aryl methyl sites for hydroxylation is 4. The molecular formula is C102H148O28S6. The van der Waals surface area contributed by atoms with E-state index in [0.29, 0.717) is 64.2 Å². The lowest BCUT2D eigenvalue weighted by atomic mass is 9.75. The lowest BCUT2D eigenvalue weighted by Crippen LogP contribution is -2.40. The molecule has 4 aromatic carbocycles. The number of carboxylic acid groups (broad SMARTS) is 2. The normalized spacial score (nSPS) is 15.0. The van der Waals surface area contributed by atoms with Crippen molar-refractivity contribution in [3.8, 4) is 0 Å². The monoisotopic (exact) mass is 2010 g/mol. The van der Waals surface area contributed by atoms with Gasteiger partial charge in [0.15, 0.2) is 0 Å². The third-order valence-corrected chi connectivity index (χ3v) is 28.2. The molecule has 0 fully saturated rings. The number of unbranched alkanes of at least 4 members (excludes halogenated alkanes) is 4. The summed E-state index contributed by atoms with van der Waals surface area (Å²) in [6, 6.07) is 37.7. The quantitative estimate of drug-likeness (QED) is 0.0103. The summed E-state index contributed by atoms with van der Waals surface area (Å²) in [5, 5.41) is 54.5. The van der Waals surface area contributed by atoms with Crippen molar-refractivity contribution in [2.75, 3.05) is 79.3 Å². The highest BCUT2D eigenvalue weighted by Crippen LogP contribution is 2.45. The number of benzene rings is 4. The van der Waals surface area contributed by atoms with E-state index >= 15 is 0 Å². The van der Waals surface area contributed by atoms with Crippen LogP contribution in [0.15, 0.2) is 121 Å². The van der Waals surface area contributed by atoms with Crippen LogP contribution in [0, 0.1) is 45.3 Å². The van der Waals surface area contributed by atoms with Gasteiger partial charge in [-0.1, -0.05) is 246 Å². The number of carbonyl (C=O) groups is 12. The van der Waals surface area contributed by atoms with Crippen LogP contribution in [0.2, 0.25) is 0 Å². The standard InChI is InChI=1S/C55H82O14S3.C47H66O14S3/c1-11-13-31-64-47(60)43(35-41(45(58)66-33-29-56)37-54(9,49(62)68-52(3,4)5)27-25-39-21-17-15-18-22-39)71-51(70)72-44(48(61)65-32-14-12-2)36-42(46(59)67-34-30-57)38-55(10,50(63)69-53(6,7)8)28-26-40-23-19-16-20-24-40;1-5-7-25-58-41(52)37(29-35(39(50)60-27-23-48)31-46(3,43(54)55)21-19-33-15-11-9-12-16-33)63-45(62)64-38(42(53)59-26-8-6-2)30-36(40(51)61-28-24-49)32-47(4,44(56)57)22-20-34-17-13-10-14-18-34/h15-24,41-44,56-57H,11-14,25-38H2,1-10H3;9-18,35-38,48-49H,5-8,19-32H2,1-4H3,(H,54,55)(H,56,57). The number of ether oxygens (including phenoxy) is 10. The minimum Gasteiger partial charge on any atom is -0.481 e. The van der Waals surface area contributed by atoms with Crippen LogP contribution in [0.4, 0.5) is 0 Å². The summed E-state index contributed by atoms with van der Waals surface area (Å²) in [5.74, 6) is -13.9. The van der Waals surface area contributed by atoms with Gasteiger partial charge in [-0.2, -0.15) is 0 Å². The van der Waals surface area contributed by atoms with Crippen molar-refractivity contribution in [3.63, 3.8) is 0 Å². The molecule has 0 aliphatic rings. The topological polar surface area (TPSA) is 419 Å². The summed E-state index contributed by atoms with van der Waals surface area (Å²) in [6.07, 6.45) is 6.11. The number of aliphatic hydroxyl groups excluding tert-OH is 4. The van der Waals surface area contributed by atoms with Gasteiger partial charge < -0.3 is 78.0 Å². The summed E-state index contributed by atoms with van der Waals surface area (Å²) >= 11 is 15.3. The first kappa shape index (κ1) is 122. The molecule has 4 aromatic rings. The van der Waals surface area contributed by atoms with Crippen molar-refractivity contribution >= 4 is 150 Å². The first-order valence-corrected chi connectivity index (χ1v) is 51.3. The number of aliphatic hydroxyl groups is 4. The Labute approximate surface area is 831 Å². The first-order valence-electron chi connectivity index (χ1n) is 47.0. The third-order valence-electron chi connectivity index (χ3n) is 22.5. The fourth-order valence-electron chi connectivity index (χ4n) is 14.5. The van der Waals surface area contributed by atoms with Crippen LogP contribution in [0.1, 0.15) is 248 Å². The van der Waals surface area contributed by atoms with Gasteiger partial charge in [-0.05, 0) is 220 Å². The number of thiocarbonyl (C=S) groups is 2. The van der Waals surface area contributed by atoms with Gasteiger partial charge in [-0.3, -0.25) is 57.5 Å². The van der Waals surface area contributed by atoms with Gasteiger partial charge in [0, 0.05) is 0 Å². The summed E-state index contributed by atoms with van der Waals surface area (Å²) in [4.78, 5) is 165. The van der Waals surface area contributed by atoms with Gasteiger partial charge in [-0.25, -0.2) is 0 Å². The number of hydrogen-bond donors (Lipinski definition) is 6. The Bertz CT molecular complexity index is 4020. The van der Waals surface area contributed by atoms with Gasteiger partial charge in [0.05, 0.1) is 98.2 Å². The maximum absolute atomic E-state index is 14.2. The number of hydrogen-bond acceptors (Lipinski definition) is 32. The Morgan fingerprint density at radius 2 is 0.485 bits per heavy atom. The lowest BCUT2D eigenvalue weighted by molar-refractivity contribution is -0.171. The summed E-state index contributed by atoms with van der Waals surface area (Å²) in [6.45, 7) is 21.8. The molecule has 0 amide bonds. The molecule has 136 heavy (non-hydrogen) atoms. The van der Waals surface area contributed by atoms with Crippen molar-refractivity contribution in [2.45, 2.75) is 283 Å². The van der Waals surface area contributed by atoms with E-state index < -0.39 is 176 Å². The fraction of sp³-hybridized carbons (Fsp3) is 0.627. The second-order valence-corrected chi connectivity index (χ2v) is 44.1. The highest BCUT2D eigenvalue weighted by molar-refractivity contribution is 8.48. The molecule has 0 radical (unpaired) electrons. The van der Waals surface area contributed by atoms with Crippen molar-refractivity contribution in [1.29, 1.82) is 0 Å². The van der Waals surface area contributed by atoms with Crippen LogP contribution in [0.3, 0.4) is 0 Å². The average molecular weight is 2010 g/mol. The summed E-state index contributed by atoms with van der Waals surface area (Å²) < 4.78 is 56.3. The van der Waals surface area contributed by atoms with E-state index in [-0.39, 0.29) is 137 Å². The van der Waals surface area contributed by atoms with Crippen molar-refractivity contribution < 1.29 is 136 Å². The van der Waals surface area contributed by atoms with E-state index in [1.807, 2.05) is 149 Å². The molecule has 12 unspecified atom stereocenters. The molecule has 0 aromatic heterocycles. The van der Waals surface area contributed by atoms with Crippen molar-refractivity contribution in [2.24, 2.45) is 45.3 Å². The van der Waals surface area contributed by atoms with E-state index in [4.69, 9.17) is 71.8 Å². The smallest absolute Gasteiger partial charge is 0.319 e. The highest BCUT2D eigenvalue weighted by atomic mass is 32.2. The molecule has 0 spiro atoms. The molecular weight excluding hydrogens is 1870 g/mol. The Hall–Kier alpha value is -8.06. The van der Waals surface area contributed by atoms with E-state index in [2.05, 4.69) is 0 Å². The zero-order chi connectivity index (χ0) is 102. The van der Waals surface area contributed by atoms with Crippen LogP contribution in [0.5, 0.6) is 0 Å². The fourth-order valence-corrected chi connectivity index (χ4v) is 20.6. The van der Waals surface area contributed by atoms with E-state index in [0.717, 1.165) is 82.1 Å². The minimum absolute atomic E-state index is 0.0370. The second-order valence-electron chi connectivity index (χ2n) is 36.9. The molecule has 0 heterocycles. The minimum atomic E-state index is -1.45. The molecule has 6 N–H and O–H groups in total. The number of esters is 10. The summed E-state index contributed by atoms with van der Waals surface area (Å²) in [7, 11) is 0. The predicted octanol–water partition coefficient (Wildman–Crippen LogP) is 17.5. The Balaban J connectivity index is 0.000000705. The molecule has 0 bridgehead atoms. The van der Waals surface area contributed by atoms with Crippen LogP contribution in [-0.4, -0.2) is 221 Å². The van der Waals surface area contributed by atoms with Gasteiger partial charge in [0.25, 0.3) is 0 Å². The maximum Gasteiger partial charge on any atom is 0.319 e. The number of aliphatic carboxylic acids is 2. The molecule has 0 aliphatic heterocycles. The summed E-state index contributed by atoms with van der Waals surface area (Å²) in [5.41, 5.74) is -3.40. The maximum atomic E-state index is 14.2. The van der Waals surface area contributed by atoms with Gasteiger partial charge in [-0.15, -0.1) is 0 Å². The van der Waals surface area contributed by atoms with E-state index in [9.17, 15) is 88.2 Å². The lowest BCUT2D eigenvalue weighted by Gasteiger charge is -2.34. The molecule has 0 saturated heterocycles. The zero-order valence-electron chi connectivity index (χ0n) is 81.7. The van der Waals surface area contributed by atoms with Crippen LogP contribution in [0.25, 0.3) is 0 Å². The molecule has 760 valence electrons. The predicted molar refractivity (Wildman–Crippen MR) is 536 cm³/mol. The number of rotatable bonds is 64. The Morgan fingerprint density at radius 1 is 0.294 bits per heavy atom. The van der Waals surface area contributed by atoms with Crippen LogP contribution < -0.4 is 0 Å².